The van der Waals surface area contributed by atoms with Gasteiger partial charge in [-0.1, -0.05) is 12.1 Å². The highest BCUT2D eigenvalue weighted by Gasteiger charge is 2.30. The molecule has 1 aromatic carbocycles. The highest BCUT2D eigenvalue weighted by atomic mass is 19.3. The number of para-hydroxylation sites is 2. The van der Waals surface area contributed by atoms with Crippen molar-refractivity contribution in [3.63, 3.8) is 0 Å². The van der Waals surface area contributed by atoms with Gasteiger partial charge in [0.25, 0.3) is 6.43 Å². The van der Waals surface area contributed by atoms with E-state index < -0.39 is 6.43 Å². The first-order valence-corrected chi connectivity index (χ1v) is 12.5. The standard InChI is InChI=1S/C25H33F2N7O2/c1-25(2)17-33(13-15-36-25)21-16-20(32-11-9-31(10-12-32)8-5-14-35)29-24(30-21)34-19-7-4-3-6-18(19)28-23(34)22(26)27/h3-4,6-7,16,22,35H,5,8-15,17H2,1-2H3. The first-order valence-electron chi connectivity index (χ1n) is 12.5. The van der Waals surface area contributed by atoms with Gasteiger partial charge in [-0.05, 0) is 32.4 Å². The van der Waals surface area contributed by atoms with Crippen molar-refractivity contribution in [2.24, 2.45) is 0 Å². The number of ether oxygens (including phenoxy) is 1. The van der Waals surface area contributed by atoms with Gasteiger partial charge in [0.2, 0.25) is 5.95 Å². The predicted molar refractivity (Wildman–Crippen MR) is 134 cm³/mol. The molecule has 0 unspecified atom stereocenters. The number of nitrogens with zero attached hydrogens (tertiary/aromatic N) is 7. The van der Waals surface area contributed by atoms with Gasteiger partial charge in [-0.3, -0.25) is 9.47 Å². The zero-order chi connectivity index (χ0) is 25.3. The van der Waals surface area contributed by atoms with Gasteiger partial charge in [0.1, 0.15) is 11.6 Å². The summed E-state index contributed by atoms with van der Waals surface area (Å²) >= 11 is 0. The summed E-state index contributed by atoms with van der Waals surface area (Å²) in [6.45, 7) is 10.1. The first-order chi connectivity index (χ1) is 17.3. The molecule has 0 saturated carbocycles. The quantitative estimate of drug-likeness (QED) is 0.529. The molecule has 2 aliphatic rings. The molecule has 2 saturated heterocycles. The van der Waals surface area contributed by atoms with Crippen LogP contribution >= 0.6 is 0 Å². The molecule has 3 aromatic rings. The Labute approximate surface area is 209 Å². The molecule has 2 aliphatic heterocycles. The van der Waals surface area contributed by atoms with Crippen molar-refractivity contribution in [1.82, 2.24) is 24.4 Å². The molecule has 0 amide bonds. The number of halogens is 2. The number of alkyl halides is 2. The maximum absolute atomic E-state index is 14.1. The van der Waals surface area contributed by atoms with Crippen LogP contribution in [0, 0.1) is 0 Å². The number of piperazine rings is 1. The summed E-state index contributed by atoms with van der Waals surface area (Å²) in [4.78, 5) is 20.4. The van der Waals surface area contributed by atoms with Crippen LogP contribution in [0.2, 0.25) is 0 Å². The monoisotopic (exact) mass is 501 g/mol. The Morgan fingerprint density at radius 2 is 1.72 bits per heavy atom. The Kier molecular flexibility index (Phi) is 7.05. The third-order valence-electron chi connectivity index (χ3n) is 6.75. The minimum Gasteiger partial charge on any atom is -0.396 e. The van der Waals surface area contributed by atoms with Crippen molar-refractivity contribution in [1.29, 1.82) is 0 Å². The highest BCUT2D eigenvalue weighted by molar-refractivity contribution is 5.78. The number of morpholine rings is 1. The van der Waals surface area contributed by atoms with Crippen molar-refractivity contribution in [2.75, 3.05) is 68.8 Å². The number of fused-ring (bicyclic) bond motifs is 1. The van der Waals surface area contributed by atoms with E-state index >= 15 is 0 Å². The second-order valence-electron chi connectivity index (χ2n) is 9.91. The van der Waals surface area contributed by atoms with Gasteiger partial charge in [0, 0.05) is 58.5 Å². The largest absolute Gasteiger partial charge is 0.396 e. The van der Waals surface area contributed by atoms with Gasteiger partial charge in [0.05, 0.1) is 23.2 Å². The van der Waals surface area contributed by atoms with E-state index in [1.54, 1.807) is 24.3 Å². The zero-order valence-corrected chi connectivity index (χ0v) is 20.8. The SMILES string of the molecule is CC1(C)CN(c2cc(N3CCN(CCCO)CC3)nc(-n3c(C(F)F)nc4ccccc43)n2)CCO1. The summed E-state index contributed by atoms with van der Waals surface area (Å²) in [6, 6.07) is 9.02. The Hall–Kier alpha value is -2.89. The van der Waals surface area contributed by atoms with E-state index in [-0.39, 0.29) is 24.0 Å². The van der Waals surface area contributed by atoms with Crippen LogP contribution in [0.5, 0.6) is 0 Å². The van der Waals surface area contributed by atoms with Gasteiger partial charge in [-0.2, -0.15) is 9.97 Å². The minimum absolute atomic E-state index is 0.181. The first kappa shape index (κ1) is 24.8. The third kappa shape index (κ3) is 5.14. The number of rotatable bonds is 7. The fourth-order valence-corrected chi connectivity index (χ4v) is 4.94. The van der Waals surface area contributed by atoms with Crippen LogP contribution in [0.1, 0.15) is 32.5 Å². The topological polar surface area (TPSA) is 82.8 Å². The smallest absolute Gasteiger partial charge is 0.296 e. The Bertz CT molecular complexity index is 1190. The van der Waals surface area contributed by atoms with Gasteiger partial charge >= 0.3 is 0 Å². The van der Waals surface area contributed by atoms with Gasteiger partial charge in [-0.15, -0.1) is 0 Å². The molecule has 2 aromatic heterocycles. The van der Waals surface area contributed by atoms with E-state index in [0.717, 1.165) is 39.1 Å². The average Bonchev–Trinajstić information content (AvgIpc) is 3.27. The molecule has 11 heteroatoms. The van der Waals surface area contributed by atoms with E-state index in [2.05, 4.69) is 19.7 Å². The number of imidazole rings is 1. The lowest BCUT2D eigenvalue weighted by Crippen LogP contribution is -2.49. The van der Waals surface area contributed by atoms with Gasteiger partial charge in [-0.25, -0.2) is 13.8 Å². The molecule has 0 aliphatic carbocycles. The molecule has 9 nitrogen and oxygen atoms in total. The van der Waals surface area contributed by atoms with Crippen molar-refractivity contribution in [2.45, 2.75) is 32.3 Å². The van der Waals surface area contributed by atoms with Crippen LogP contribution in [0.3, 0.4) is 0 Å². The lowest BCUT2D eigenvalue weighted by molar-refractivity contribution is -0.0279. The molecule has 0 bridgehead atoms. The minimum atomic E-state index is -2.77. The Balaban J connectivity index is 1.56. The summed E-state index contributed by atoms with van der Waals surface area (Å²) in [7, 11) is 0. The maximum Gasteiger partial charge on any atom is 0.296 e. The fraction of sp³-hybridized carbons (Fsp3) is 0.560. The molecule has 194 valence electrons. The number of hydrogen-bond donors (Lipinski definition) is 1. The molecule has 0 atom stereocenters. The number of aliphatic hydroxyl groups excluding tert-OH is 1. The van der Waals surface area contributed by atoms with Crippen molar-refractivity contribution >= 4 is 22.7 Å². The van der Waals surface area contributed by atoms with E-state index in [9.17, 15) is 8.78 Å². The summed E-state index contributed by atoms with van der Waals surface area (Å²) in [5.41, 5.74) is 0.679. The molecule has 0 radical (unpaired) electrons. The molecule has 36 heavy (non-hydrogen) atoms. The zero-order valence-electron chi connectivity index (χ0n) is 20.8. The molecule has 4 heterocycles. The van der Waals surface area contributed by atoms with E-state index in [0.29, 0.717) is 42.4 Å². The van der Waals surface area contributed by atoms with E-state index in [4.69, 9.17) is 19.8 Å². The van der Waals surface area contributed by atoms with Crippen LogP contribution in [0.25, 0.3) is 17.0 Å². The van der Waals surface area contributed by atoms with Crippen LogP contribution in [-0.2, 0) is 4.74 Å². The highest BCUT2D eigenvalue weighted by Crippen LogP contribution is 2.30. The normalized spacial score (nSPS) is 18.9. The van der Waals surface area contributed by atoms with E-state index in [1.807, 2.05) is 19.9 Å². The number of aliphatic hydroxyl groups is 1. The lowest BCUT2D eigenvalue weighted by atomic mass is 10.1. The molecular formula is C25H33F2N7O2. The average molecular weight is 502 g/mol. The second-order valence-corrected chi connectivity index (χ2v) is 9.91. The number of benzene rings is 1. The lowest BCUT2D eigenvalue weighted by Gasteiger charge is -2.39. The summed E-state index contributed by atoms with van der Waals surface area (Å²) in [6.07, 6.45) is -2.02. The van der Waals surface area contributed by atoms with E-state index in [1.165, 1.54) is 4.57 Å². The Morgan fingerprint density at radius 3 is 2.42 bits per heavy atom. The van der Waals surface area contributed by atoms with Gasteiger partial charge in [0.15, 0.2) is 5.82 Å². The number of anilines is 2. The number of hydrogen-bond acceptors (Lipinski definition) is 8. The third-order valence-corrected chi connectivity index (χ3v) is 6.75. The molecule has 0 spiro atoms. The van der Waals surface area contributed by atoms with Crippen LogP contribution < -0.4 is 9.80 Å². The van der Waals surface area contributed by atoms with Crippen molar-refractivity contribution < 1.29 is 18.6 Å². The second kappa shape index (κ2) is 10.2. The van der Waals surface area contributed by atoms with Crippen LogP contribution in [0.4, 0.5) is 20.4 Å². The Morgan fingerprint density at radius 1 is 1.00 bits per heavy atom. The summed E-state index contributed by atoms with van der Waals surface area (Å²) in [5, 5.41) is 9.15. The van der Waals surface area contributed by atoms with Crippen molar-refractivity contribution in [3.8, 4) is 5.95 Å². The van der Waals surface area contributed by atoms with Gasteiger partial charge < -0.3 is 19.6 Å². The van der Waals surface area contributed by atoms with Crippen LogP contribution in [0.15, 0.2) is 30.3 Å². The molecular weight excluding hydrogens is 468 g/mol. The molecule has 5 rings (SSSR count). The summed E-state index contributed by atoms with van der Waals surface area (Å²) in [5.74, 6) is 1.22. The maximum atomic E-state index is 14.1. The number of aromatic nitrogens is 4. The summed E-state index contributed by atoms with van der Waals surface area (Å²) < 4.78 is 35.5. The molecule has 2 fully saturated rings. The predicted octanol–water partition coefficient (Wildman–Crippen LogP) is 2.87. The van der Waals surface area contributed by atoms with Crippen molar-refractivity contribution in [3.05, 3.63) is 36.2 Å². The molecule has 1 N–H and O–H groups in total. The van der Waals surface area contributed by atoms with Crippen LogP contribution in [-0.4, -0.2) is 94.2 Å². The fourth-order valence-electron chi connectivity index (χ4n) is 4.94.